The Balaban J connectivity index is 2.42. The quantitative estimate of drug-likeness (QED) is 0.764. The Bertz CT molecular complexity index is 425. The summed E-state index contributed by atoms with van der Waals surface area (Å²) in [4.78, 5) is 3.94. The van der Waals surface area contributed by atoms with E-state index in [9.17, 15) is 5.11 Å². The van der Waals surface area contributed by atoms with Gasteiger partial charge in [0, 0.05) is 23.7 Å². The summed E-state index contributed by atoms with van der Waals surface area (Å²) in [5.41, 5.74) is 1.51. The molecule has 74 valence electrons. The maximum atomic E-state index is 9.76. The zero-order chi connectivity index (χ0) is 9.97. The van der Waals surface area contributed by atoms with Crippen LogP contribution in [0.3, 0.4) is 0 Å². The predicted molar refractivity (Wildman–Crippen MR) is 52.9 cm³/mol. The molecule has 1 unspecified atom stereocenters. The van der Waals surface area contributed by atoms with Gasteiger partial charge in [0.15, 0.2) is 5.58 Å². The molecule has 0 radical (unpaired) electrons. The second-order valence-corrected chi connectivity index (χ2v) is 3.14. The van der Waals surface area contributed by atoms with Gasteiger partial charge in [-0.25, -0.2) is 0 Å². The number of pyridine rings is 1. The fraction of sp³-hybridized carbons (Fsp3) is 0.300. The minimum atomic E-state index is -0.538. The molecule has 0 amide bonds. The molecule has 2 rings (SSSR count). The highest BCUT2D eigenvalue weighted by atomic mass is 16.3. The van der Waals surface area contributed by atoms with Crippen LogP contribution >= 0.6 is 0 Å². The molecule has 2 N–H and O–H groups in total. The van der Waals surface area contributed by atoms with Gasteiger partial charge in [-0.15, -0.1) is 0 Å². The number of aliphatic hydroxyl groups excluding tert-OH is 1. The highest BCUT2D eigenvalue weighted by Gasteiger charge is 2.13. The van der Waals surface area contributed by atoms with Crippen molar-refractivity contribution in [1.82, 2.24) is 10.3 Å². The van der Waals surface area contributed by atoms with Gasteiger partial charge in [0.1, 0.15) is 0 Å². The van der Waals surface area contributed by atoms with E-state index in [1.807, 2.05) is 6.07 Å². The second-order valence-electron chi connectivity index (χ2n) is 3.14. The van der Waals surface area contributed by atoms with Crippen molar-refractivity contribution in [1.29, 1.82) is 0 Å². The van der Waals surface area contributed by atoms with Crippen LogP contribution in [0.25, 0.3) is 11.0 Å². The third kappa shape index (κ3) is 1.49. The average molecular weight is 192 g/mol. The summed E-state index contributed by atoms with van der Waals surface area (Å²) >= 11 is 0. The largest absolute Gasteiger partial charge is 0.462 e. The SMILES string of the molecule is CNCC(O)c1coc2cnccc12. The van der Waals surface area contributed by atoms with Crippen molar-refractivity contribution in [3.63, 3.8) is 0 Å². The van der Waals surface area contributed by atoms with E-state index in [4.69, 9.17) is 4.42 Å². The lowest BCUT2D eigenvalue weighted by atomic mass is 10.1. The summed E-state index contributed by atoms with van der Waals surface area (Å²) in [5, 5.41) is 13.6. The van der Waals surface area contributed by atoms with Gasteiger partial charge in [-0.3, -0.25) is 4.98 Å². The topological polar surface area (TPSA) is 58.3 Å². The van der Waals surface area contributed by atoms with Crippen molar-refractivity contribution < 1.29 is 9.52 Å². The first-order valence-corrected chi connectivity index (χ1v) is 4.46. The number of likely N-dealkylation sites (N-methyl/N-ethyl adjacent to an activating group) is 1. The van der Waals surface area contributed by atoms with E-state index in [1.54, 1.807) is 25.7 Å². The van der Waals surface area contributed by atoms with E-state index in [-0.39, 0.29) is 0 Å². The second kappa shape index (κ2) is 3.77. The zero-order valence-electron chi connectivity index (χ0n) is 7.90. The van der Waals surface area contributed by atoms with Crippen LogP contribution in [0.5, 0.6) is 0 Å². The zero-order valence-corrected chi connectivity index (χ0v) is 7.90. The molecular formula is C10H12N2O2. The lowest BCUT2D eigenvalue weighted by molar-refractivity contribution is 0.178. The Labute approximate surface area is 81.6 Å². The first-order valence-electron chi connectivity index (χ1n) is 4.46. The smallest absolute Gasteiger partial charge is 0.152 e. The van der Waals surface area contributed by atoms with Crippen LogP contribution in [-0.2, 0) is 0 Å². The number of aliphatic hydroxyl groups is 1. The molecule has 2 aromatic rings. The Hall–Kier alpha value is -1.39. The molecule has 0 aromatic carbocycles. The van der Waals surface area contributed by atoms with Crippen LogP contribution in [0, 0.1) is 0 Å². The highest BCUT2D eigenvalue weighted by molar-refractivity contribution is 5.80. The number of nitrogens with zero attached hydrogens (tertiary/aromatic N) is 1. The molecule has 0 spiro atoms. The molecule has 2 heterocycles. The molecule has 0 fully saturated rings. The summed E-state index contributed by atoms with van der Waals surface area (Å²) in [6.45, 7) is 0.511. The summed E-state index contributed by atoms with van der Waals surface area (Å²) in [5.74, 6) is 0. The Morgan fingerprint density at radius 1 is 1.64 bits per heavy atom. The average Bonchev–Trinajstić information content (AvgIpc) is 2.61. The van der Waals surface area contributed by atoms with Crippen LogP contribution in [-0.4, -0.2) is 23.7 Å². The van der Waals surface area contributed by atoms with Crippen LogP contribution in [0.2, 0.25) is 0 Å². The fourth-order valence-corrected chi connectivity index (χ4v) is 1.46. The highest BCUT2D eigenvalue weighted by Crippen LogP contribution is 2.24. The molecule has 1 atom stereocenters. The van der Waals surface area contributed by atoms with Crippen molar-refractivity contribution >= 4 is 11.0 Å². The minimum absolute atomic E-state index is 0.511. The molecule has 4 heteroatoms. The van der Waals surface area contributed by atoms with E-state index in [0.29, 0.717) is 12.1 Å². The molecule has 0 aliphatic carbocycles. The van der Waals surface area contributed by atoms with Crippen molar-refractivity contribution in [3.8, 4) is 0 Å². The minimum Gasteiger partial charge on any atom is -0.462 e. The van der Waals surface area contributed by atoms with Gasteiger partial charge in [-0.2, -0.15) is 0 Å². The molecule has 0 bridgehead atoms. The third-order valence-electron chi connectivity index (χ3n) is 2.16. The van der Waals surface area contributed by atoms with Gasteiger partial charge in [0.25, 0.3) is 0 Å². The monoisotopic (exact) mass is 192 g/mol. The van der Waals surface area contributed by atoms with Crippen molar-refractivity contribution in [2.24, 2.45) is 0 Å². The lowest BCUT2D eigenvalue weighted by Gasteiger charge is -2.06. The standard InChI is InChI=1S/C10H12N2O2/c1-11-4-9(13)8-6-14-10-5-12-3-2-7(8)10/h2-3,5-6,9,11,13H,4H2,1H3. The maximum Gasteiger partial charge on any atom is 0.152 e. The number of hydrogen-bond acceptors (Lipinski definition) is 4. The Morgan fingerprint density at radius 3 is 3.29 bits per heavy atom. The summed E-state index contributed by atoms with van der Waals surface area (Å²) in [6, 6.07) is 1.84. The van der Waals surface area contributed by atoms with E-state index in [2.05, 4.69) is 10.3 Å². The van der Waals surface area contributed by atoms with E-state index in [1.165, 1.54) is 0 Å². The molecule has 14 heavy (non-hydrogen) atoms. The lowest BCUT2D eigenvalue weighted by Crippen LogP contribution is -2.16. The van der Waals surface area contributed by atoms with Crippen LogP contribution < -0.4 is 5.32 Å². The van der Waals surface area contributed by atoms with Crippen molar-refractivity contribution in [2.45, 2.75) is 6.10 Å². The van der Waals surface area contributed by atoms with Gasteiger partial charge < -0.3 is 14.8 Å². The van der Waals surface area contributed by atoms with Crippen LogP contribution in [0.15, 0.2) is 29.1 Å². The maximum absolute atomic E-state index is 9.76. The Morgan fingerprint density at radius 2 is 2.50 bits per heavy atom. The van der Waals surface area contributed by atoms with Crippen molar-refractivity contribution in [3.05, 3.63) is 30.3 Å². The molecule has 2 aromatic heterocycles. The molecule has 0 saturated carbocycles. The summed E-state index contributed by atoms with van der Waals surface area (Å²) in [7, 11) is 1.80. The Kier molecular flexibility index (Phi) is 2.47. The number of aromatic nitrogens is 1. The van der Waals surface area contributed by atoms with Crippen LogP contribution in [0.4, 0.5) is 0 Å². The van der Waals surface area contributed by atoms with Gasteiger partial charge in [-0.05, 0) is 13.1 Å². The molecule has 0 aliphatic rings. The molecular weight excluding hydrogens is 180 g/mol. The molecule has 0 saturated heterocycles. The van der Waals surface area contributed by atoms with E-state index in [0.717, 1.165) is 10.9 Å². The fourth-order valence-electron chi connectivity index (χ4n) is 1.46. The molecule has 0 aliphatic heterocycles. The van der Waals surface area contributed by atoms with Crippen LogP contribution in [0.1, 0.15) is 11.7 Å². The van der Waals surface area contributed by atoms with Gasteiger partial charge in [0.2, 0.25) is 0 Å². The van der Waals surface area contributed by atoms with Gasteiger partial charge in [-0.1, -0.05) is 0 Å². The third-order valence-corrected chi connectivity index (χ3v) is 2.16. The van der Waals surface area contributed by atoms with E-state index < -0.39 is 6.10 Å². The number of hydrogen-bond donors (Lipinski definition) is 2. The van der Waals surface area contributed by atoms with Crippen molar-refractivity contribution in [2.75, 3.05) is 13.6 Å². The number of rotatable bonds is 3. The summed E-state index contributed by atoms with van der Waals surface area (Å²) in [6.07, 6.45) is 4.37. The molecule has 4 nitrogen and oxygen atoms in total. The number of fused-ring (bicyclic) bond motifs is 1. The first-order chi connectivity index (χ1) is 6.83. The normalized spacial score (nSPS) is 13.3. The van der Waals surface area contributed by atoms with Gasteiger partial charge >= 0.3 is 0 Å². The number of furan rings is 1. The van der Waals surface area contributed by atoms with Gasteiger partial charge in [0.05, 0.1) is 18.6 Å². The first kappa shape index (κ1) is 9.18. The number of nitrogens with one attached hydrogen (secondary N) is 1. The summed E-state index contributed by atoms with van der Waals surface area (Å²) < 4.78 is 5.27. The van der Waals surface area contributed by atoms with E-state index >= 15 is 0 Å². The predicted octanol–water partition coefficient (Wildman–Crippen LogP) is 1.08.